The Bertz CT molecular complexity index is 527. The topological polar surface area (TPSA) is 61.9 Å². The van der Waals surface area contributed by atoms with Crippen molar-refractivity contribution in [3.05, 3.63) is 29.3 Å². The summed E-state index contributed by atoms with van der Waals surface area (Å²) in [6.45, 7) is 6.77. The Labute approximate surface area is 127 Å². The summed E-state index contributed by atoms with van der Waals surface area (Å²) in [5.74, 6) is 0.177. The van der Waals surface area contributed by atoms with E-state index in [1.165, 1.54) is 25.7 Å². The highest BCUT2D eigenvalue weighted by atomic mass is 16.4. The van der Waals surface area contributed by atoms with E-state index < -0.39 is 0 Å². The predicted molar refractivity (Wildman–Crippen MR) is 88.1 cm³/mol. The first kappa shape index (κ1) is 15.7. The van der Waals surface area contributed by atoms with E-state index in [0.29, 0.717) is 11.5 Å². The summed E-state index contributed by atoms with van der Waals surface area (Å²) >= 11 is 0. The minimum absolute atomic E-state index is 0.177. The third kappa shape index (κ3) is 3.31. The van der Waals surface area contributed by atoms with Gasteiger partial charge in [0.1, 0.15) is 0 Å². The Morgan fingerprint density at radius 2 is 1.95 bits per heavy atom. The molecule has 3 N–H and O–H groups in total. The summed E-state index contributed by atoms with van der Waals surface area (Å²) in [6, 6.07) is 6.46. The molecule has 1 saturated carbocycles. The second-order valence-electron chi connectivity index (χ2n) is 6.96. The number of aryl methyl sites for hydroxylation is 1. The molecule has 0 atom stereocenters. The first-order valence-electron chi connectivity index (χ1n) is 7.66. The molecule has 1 aromatic carbocycles. The molecule has 1 aromatic rings. The van der Waals surface area contributed by atoms with Crippen molar-refractivity contribution in [1.82, 2.24) is 0 Å². The number of hydrogen-bond acceptors (Lipinski definition) is 3. The number of nitrogens with two attached hydrogens (primary N) is 1. The van der Waals surface area contributed by atoms with Gasteiger partial charge in [0.05, 0.1) is 5.69 Å². The zero-order valence-corrected chi connectivity index (χ0v) is 13.6. The maximum atomic E-state index is 9.01. The standard InChI is InChI=1S/C17H27N3O/c1-12-6-5-7-14(16(18)19-21)15(12)20(4)13-8-10-17(2,3)11-9-13/h5-7,13,21H,8-11H2,1-4H3,(H2,18,19). The average Bonchev–Trinajstić information content (AvgIpc) is 2.45. The molecule has 1 aliphatic carbocycles. The van der Waals surface area contributed by atoms with E-state index >= 15 is 0 Å². The Balaban J connectivity index is 2.29. The van der Waals surface area contributed by atoms with Gasteiger partial charge in [0.2, 0.25) is 0 Å². The van der Waals surface area contributed by atoms with Crippen LogP contribution in [0.25, 0.3) is 0 Å². The molecule has 0 saturated heterocycles. The highest BCUT2D eigenvalue weighted by Crippen LogP contribution is 2.38. The molecule has 2 rings (SSSR count). The van der Waals surface area contributed by atoms with E-state index in [4.69, 9.17) is 10.9 Å². The quantitative estimate of drug-likeness (QED) is 0.387. The van der Waals surface area contributed by atoms with E-state index in [-0.39, 0.29) is 5.84 Å². The van der Waals surface area contributed by atoms with Crippen LogP contribution in [0.3, 0.4) is 0 Å². The smallest absolute Gasteiger partial charge is 0.172 e. The zero-order chi connectivity index (χ0) is 15.6. The molecule has 0 aliphatic heterocycles. The molecule has 0 heterocycles. The third-order valence-electron chi connectivity index (χ3n) is 4.83. The number of hydrogen-bond donors (Lipinski definition) is 2. The Morgan fingerprint density at radius 3 is 2.52 bits per heavy atom. The molecule has 0 spiro atoms. The molecule has 0 unspecified atom stereocenters. The average molecular weight is 289 g/mol. The number of rotatable bonds is 3. The predicted octanol–water partition coefficient (Wildman–Crippen LogP) is 3.49. The summed E-state index contributed by atoms with van der Waals surface area (Å²) in [5.41, 5.74) is 9.35. The summed E-state index contributed by atoms with van der Waals surface area (Å²) in [6.07, 6.45) is 4.86. The van der Waals surface area contributed by atoms with Crippen molar-refractivity contribution in [2.45, 2.75) is 52.5 Å². The lowest BCUT2D eigenvalue weighted by Crippen LogP contribution is -2.38. The van der Waals surface area contributed by atoms with Crippen LogP contribution in [0, 0.1) is 12.3 Å². The van der Waals surface area contributed by atoms with Crippen molar-refractivity contribution < 1.29 is 5.21 Å². The third-order valence-corrected chi connectivity index (χ3v) is 4.83. The zero-order valence-electron chi connectivity index (χ0n) is 13.6. The van der Waals surface area contributed by atoms with E-state index in [1.54, 1.807) is 0 Å². The molecule has 4 heteroatoms. The maximum Gasteiger partial charge on any atom is 0.172 e. The second kappa shape index (κ2) is 5.96. The largest absolute Gasteiger partial charge is 0.409 e. The van der Waals surface area contributed by atoms with Gasteiger partial charge in [0.25, 0.3) is 0 Å². The summed E-state index contributed by atoms with van der Waals surface area (Å²) in [4.78, 5) is 2.32. The first-order chi connectivity index (χ1) is 9.85. The van der Waals surface area contributed by atoms with Gasteiger partial charge in [0.15, 0.2) is 5.84 Å². The number of nitrogens with zero attached hydrogens (tertiary/aromatic N) is 2. The van der Waals surface area contributed by atoms with E-state index in [1.807, 2.05) is 12.1 Å². The minimum Gasteiger partial charge on any atom is -0.409 e. The van der Waals surface area contributed by atoms with Gasteiger partial charge < -0.3 is 15.8 Å². The molecule has 1 fully saturated rings. The van der Waals surface area contributed by atoms with Gasteiger partial charge >= 0.3 is 0 Å². The van der Waals surface area contributed by atoms with Crippen LogP contribution in [0.5, 0.6) is 0 Å². The fraction of sp³-hybridized carbons (Fsp3) is 0.588. The molecule has 116 valence electrons. The highest BCUT2D eigenvalue weighted by Gasteiger charge is 2.30. The van der Waals surface area contributed by atoms with Crippen LogP contribution in [-0.2, 0) is 0 Å². The Hall–Kier alpha value is -1.71. The van der Waals surface area contributed by atoms with Gasteiger partial charge in [-0.25, -0.2) is 0 Å². The van der Waals surface area contributed by atoms with Crippen molar-refractivity contribution >= 4 is 11.5 Å². The molecular formula is C17H27N3O. The summed E-state index contributed by atoms with van der Waals surface area (Å²) < 4.78 is 0. The van der Waals surface area contributed by atoms with Crippen LogP contribution in [-0.4, -0.2) is 24.1 Å². The number of anilines is 1. The molecule has 0 amide bonds. The lowest BCUT2D eigenvalue weighted by molar-refractivity contribution is 0.222. The van der Waals surface area contributed by atoms with E-state index in [2.05, 4.69) is 43.9 Å². The van der Waals surface area contributed by atoms with Gasteiger partial charge in [0, 0.05) is 18.7 Å². The SMILES string of the molecule is Cc1cccc(/C(N)=N/O)c1N(C)C1CCC(C)(C)CC1. The monoisotopic (exact) mass is 289 g/mol. The highest BCUT2D eigenvalue weighted by molar-refractivity contribution is 6.02. The number of benzene rings is 1. The number of amidine groups is 1. The fourth-order valence-corrected chi connectivity index (χ4v) is 3.34. The van der Waals surface area contributed by atoms with Crippen LogP contribution in [0.2, 0.25) is 0 Å². The van der Waals surface area contributed by atoms with Crippen LogP contribution >= 0.6 is 0 Å². The number of para-hydroxylation sites is 1. The first-order valence-corrected chi connectivity index (χ1v) is 7.66. The van der Waals surface area contributed by atoms with Crippen LogP contribution < -0.4 is 10.6 Å². The van der Waals surface area contributed by atoms with Gasteiger partial charge in [-0.15, -0.1) is 0 Å². The van der Waals surface area contributed by atoms with Gasteiger partial charge in [-0.3, -0.25) is 0 Å². The van der Waals surface area contributed by atoms with Crippen molar-refractivity contribution in [3.8, 4) is 0 Å². The van der Waals surface area contributed by atoms with Gasteiger partial charge in [-0.2, -0.15) is 0 Å². The Kier molecular flexibility index (Phi) is 4.45. The lowest BCUT2D eigenvalue weighted by Gasteiger charge is -2.40. The molecule has 21 heavy (non-hydrogen) atoms. The summed E-state index contributed by atoms with van der Waals surface area (Å²) in [5, 5.41) is 12.2. The molecule has 0 aromatic heterocycles. The van der Waals surface area contributed by atoms with Crippen LogP contribution in [0.4, 0.5) is 5.69 Å². The number of oxime groups is 1. The molecule has 0 radical (unpaired) electrons. The van der Waals surface area contributed by atoms with Crippen LogP contribution in [0.15, 0.2) is 23.4 Å². The Morgan fingerprint density at radius 1 is 1.33 bits per heavy atom. The molecule has 1 aliphatic rings. The van der Waals surface area contributed by atoms with Crippen molar-refractivity contribution in [1.29, 1.82) is 0 Å². The van der Waals surface area contributed by atoms with E-state index in [9.17, 15) is 0 Å². The van der Waals surface area contributed by atoms with Crippen molar-refractivity contribution in [3.63, 3.8) is 0 Å². The van der Waals surface area contributed by atoms with Crippen molar-refractivity contribution in [2.24, 2.45) is 16.3 Å². The fourth-order valence-electron chi connectivity index (χ4n) is 3.34. The second-order valence-corrected chi connectivity index (χ2v) is 6.96. The molecule has 4 nitrogen and oxygen atoms in total. The summed E-state index contributed by atoms with van der Waals surface area (Å²) in [7, 11) is 2.12. The maximum absolute atomic E-state index is 9.01. The molecule has 0 bridgehead atoms. The van der Waals surface area contributed by atoms with Gasteiger partial charge in [-0.05, 0) is 49.7 Å². The minimum atomic E-state index is 0.177. The van der Waals surface area contributed by atoms with Gasteiger partial charge in [-0.1, -0.05) is 31.1 Å². The van der Waals surface area contributed by atoms with Crippen LogP contribution in [0.1, 0.15) is 50.7 Å². The lowest BCUT2D eigenvalue weighted by atomic mass is 9.75. The normalized spacial score (nSPS) is 19.5. The van der Waals surface area contributed by atoms with E-state index in [0.717, 1.165) is 16.8 Å². The van der Waals surface area contributed by atoms with Crippen molar-refractivity contribution in [2.75, 3.05) is 11.9 Å². The molecular weight excluding hydrogens is 262 g/mol.